The molecule has 0 fully saturated rings. The Balaban J connectivity index is 0. The molecule has 0 saturated heterocycles. The zero-order valence-electron chi connectivity index (χ0n) is 7.49. The highest BCUT2D eigenvalue weighted by Gasteiger charge is 2.04. The van der Waals surface area contributed by atoms with E-state index in [1.54, 1.807) is 21.0 Å². The van der Waals surface area contributed by atoms with E-state index in [4.69, 9.17) is 0 Å². The van der Waals surface area contributed by atoms with Gasteiger partial charge in [-0.2, -0.15) is 0 Å². The third-order valence-corrected chi connectivity index (χ3v) is 1.07. The first-order valence-electron chi connectivity index (χ1n) is 3.61. The zero-order valence-corrected chi connectivity index (χ0v) is 7.49. The average molecular weight is 146 g/mol. The largest absolute Gasteiger partial charge is 0.358 e. The number of carbonyl (C=O) groups excluding carboxylic acids is 1. The predicted molar refractivity (Wildman–Crippen MR) is 43.9 cm³/mol. The maximum absolute atomic E-state index is 10.6. The molecule has 0 spiro atoms. The standard InChI is InChI=1S/C5H12N2O.C2H6/c1-4(6-2)5(8)7-3;1-2/h4,6H,1-3H3,(H,7,8);1-2H3. The van der Waals surface area contributed by atoms with Crippen LogP contribution in [-0.2, 0) is 4.79 Å². The summed E-state index contributed by atoms with van der Waals surface area (Å²) in [5.41, 5.74) is 0. The Labute approximate surface area is 63.2 Å². The van der Waals surface area contributed by atoms with Gasteiger partial charge in [-0.25, -0.2) is 0 Å². The van der Waals surface area contributed by atoms with Crippen LogP contribution >= 0.6 is 0 Å². The molecule has 0 aliphatic carbocycles. The molecule has 1 amide bonds. The summed E-state index contributed by atoms with van der Waals surface area (Å²) < 4.78 is 0. The van der Waals surface area contributed by atoms with Gasteiger partial charge in [-0.15, -0.1) is 0 Å². The van der Waals surface area contributed by atoms with Crippen molar-refractivity contribution in [3.05, 3.63) is 0 Å². The Bertz CT molecular complexity index is 83.7. The van der Waals surface area contributed by atoms with E-state index in [1.807, 2.05) is 13.8 Å². The number of hydrogen-bond donors (Lipinski definition) is 2. The Morgan fingerprint density at radius 1 is 1.30 bits per heavy atom. The molecule has 0 aromatic heterocycles. The van der Waals surface area contributed by atoms with Crippen LogP contribution in [0.1, 0.15) is 20.8 Å². The van der Waals surface area contributed by atoms with Gasteiger partial charge in [0.15, 0.2) is 0 Å². The van der Waals surface area contributed by atoms with E-state index in [-0.39, 0.29) is 11.9 Å². The van der Waals surface area contributed by atoms with E-state index >= 15 is 0 Å². The van der Waals surface area contributed by atoms with E-state index in [0.29, 0.717) is 0 Å². The van der Waals surface area contributed by atoms with Crippen LogP contribution < -0.4 is 10.6 Å². The van der Waals surface area contributed by atoms with Gasteiger partial charge in [0, 0.05) is 7.05 Å². The maximum Gasteiger partial charge on any atom is 0.236 e. The van der Waals surface area contributed by atoms with Crippen molar-refractivity contribution >= 4 is 5.91 Å². The third-order valence-electron chi connectivity index (χ3n) is 1.07. The van der Waals surface area contributed by atoms with Crippen molar-refractivity contribution in [2.45, 2.75) is 26.8 Å². The number of amides is 1. The first kappa shape index (κ1) is 12.1. The van der Waals surface area contributed by atoms with Crippen LogP contribution in [0.3, 0.4) is 0 Å². The van der Waals surface area contributed by atoms with Crippen LogP contribution in [-0.4, -0.2) is 26.0 Å². The lowest BCUT2D eigenvalue weighted by Crippen LogP contribution is -2.38. The average Bonchev–Trinajstić information content (AvgIpc) is 2.05. The summed E-state index contributed by atoms with van der Waals surface area (Å²) >= 11 is 0. The molecule has 62 valence electrons. The van der Waals surface area contributed by atoms with Gasteiger partial charge in [-0.3, -0.25) is 4.79 Å². The van der Waals surface area contributed by atoms with Crippen molar-refractivity contribution in [1.82, 2.24) is 10.6 Å². The van der Waals surface area contributed by atoms with Gasteiger partial charge in [0.1, 0.15) is 0 Å². The fourth-order valence-corrected chi connectivity index (χ4v) is 0.348. The number of rotatable bonds is 2. The van der Waals surface area contributed by atoms with E-state index in [9.17, 15) is 4.79 Å². The first-order valence-corrected chi connectivity index (χ1v) is 3.61. The molecule has 0 heterocycles. The SMILES string of the molecule is CC.CNC(=O)C(C)NC. The molecular formula is C7H18N2O. The van der Waals surface area contributed by atoms with Gasteiger partial charge in [-0.1, -0.05) is 13.8 Å². The molecule has 0 aliphatic rings. The predicted octanol–water partition coefficient (Wildman–Crippen LogP) is 0.366. The molecule has 1 unspecified atom stereocenters. The Morgan fingerprint density at radius 2 is 1.70 bits per heavy atom. The Morgan fingerprint density at radius 3 is 1.80 bits per heavy atom. The monoisotopic (exact) mass is 146 g/mol. The second-order valence-electron chi connectivity index (χ2n) is 1.62. The van der Waals surface area contributed by atoms with Gasteiger partial charge in [0.25, 0.3) is 0 Å². The molecule has 0 saturated carbocycles. The van der Waals surface area contributed by atoms with Gasteiger partial charge < -0.3 is 10.6 Å². The molecule has 3 heteroatoms. The summed E-state index contributed by atoms with van der Waals surface area (Å²) in [4.78, 5) is 10.6. The fraction of sp³-hybridized carbons (Fsp3) is 0.857. The summed E-state index contributed by atoms with van der Waals surface area (Å²) in [5, 5.41) is 5.32. The number of carbonyl (C=O) groups is 1. The minimum atomic E-state index is -0.0833. The highest BCUT2D eigenvalue weighted by molar-refractivity contribution is 5.80. The Hall–Kier alpha value is -0.570. The molecule has 0 rings (SSSR count). The van der Waals surface area contributed by atoms with Crippen molar-refractivity contribution in [2.24, 2.45) is 0 Å². The molecule has 10 heavy (non-hydrogen) atoms. The van der Waals surface area contributed by atoms with Crippen LogP contribution in [0.2, 0.25) is 0 Å². The molecular weight excluding hydrogens is 128 g/mol. The second kappa shape index (κ2) is 8.43. The quantitative estimate of drug-likeness (QED) is 0.591. The lowest BCUT2D eigenvalue weighted by Gasteiger charge is -2.05. The Kier molecular flexibility index (Phi) is 10.2. The molecule has 2 N–H and O–H groups in total. The molecule has 0 aliphatic heterocycles. The molecule has 0 bridgehead atoms. The minimum Gasteiger partial charge on any atom is -0.358 e. The van der Waals surface area contributed by atoms with Crippen molar-refractivity contribution in [1.29, 1.82) is 0 Å². The second-order valence-corrected chi connectivity index (χ2v) is 1.62. The van der Waals surface area contributed by atoms with Crippen LogP contribution in [0.15, 0.2) is 0 Å². The van der Waals surface area contributed by atoms with Gasteiger partial charge in [-0.05, 0) is 14.0 Å². The van der Waals surface area contributed by atoms with Gasteiger partial charge in [0.2, 0.25) is 5.91 Å². The number of hydrogen-bond acceptors (Lipinski definition) is 2. The molecule has 0 radical (unpaired) electrons. The molecule has 0 aromatic carbocycles. The van der Waals surface area contributed by atoms with Crippen molar-refractivity contribution in [2.75, 3.05) is 14.1 Å². The van der Waals surface area contributed by atoms with Crippen molar-refractivity contribution < 1.29 is 4.79 Å². The lowest BCUT2D eigenvalue weighted by molar-refractivity contribution is -0.122. The van der Waals surface area contributed by atoms with E-state index < -0.39 is 0 Å². The molecule has 0 aromatic rings. The summed E-state index contributed by atoms with van der Waals surface area (Å²) in [6, 6.07) is -0.0833. The van der Waals surface area contributed by atoms with Crippen LogP contribution in [0.5, 0.6) is 0 Å². The summed E-state index contributed by atoms with van der Waals surface area (Å²) in [6.07, 6.45) is 0. The van der Waals surface area contributed by atoms with Gasteiger partial charge in [0.05, 0.1) is 6.04 Å². The minimum absolute atomic E-state index is 0.0208. The first-order chi connectivity index (χ1) is 4.72. The molecule has 3 nitrogen and oxygen atoms in total. The number of nitrogens with one attached hydrogen (secondary N) is 2. The zero-order chi connectivity index (χ0) is 8.57. The summed E-state index contributed by atoms with van der Waals surface area (Å²) in [7, 11) is 3.37. The summed E-state index contributed by atoms with van der Waals surface area (Å²) in [5.74, 6) is 0.0208. The van der Waals surface area contributed by atoms with Crippen LogP contribution in [0.25, 0.3) is 0 Å². The maximum atomic E-state index is 10.6. The smallest absolute Gasteiger partial charge is 0.236 e. The van der Waals surface area contributed by atoms with E-state index in [1.165, 1.54) is 0 Å². The summed E-state index contributed by atoms with van der Waals surface area (Å²) in [6.45, 7) is 5.80. The highest BCUT2D eigenvalue weighted by atomic mass is 16.2. The van der Waals surface area contributed by atoms with E-state index in [0.717, 1.165) is 0 Å². The third kappa shape index (κ3) is 5.56. The fourth-order valence-electron chi connectivity index (χ4n) is 0.348. The lowest BCUT2D eigenvalue weighted by atomic mass is 10.3. The topological polar surface area (TPSA) is 41.1 Å². The molecule has 1 atom stereocenters. The van der Waals surface area contributed by atoms with Gasteiger partial charge >= 0.3 is 0 Å². The van der Waals surface area contributed by atoms with Crippen LogP contribution in [0.4, 0.5) is 0 Å². The normalized spacial score (nSPS) is 10.9. The number of likely N-dealkylation sites (N-methyl/N-ethyl adjacent to an activating group) is 2. The van der Waals surface area contributed by atoms with Crippen molar-refractivity contribution in [3.8, 4) is 0 Å². The van der Waals surface area contributed by atoms with Crippen molar-refractivity contribution in [3.63, 3.8) is 0 Å². The highest BCUT2D eigenvalue weighted by Crippen LogP contribution is 1.75. The van der Waals surface area contributed by atoms with E-state index in [2.05, 4.69) is 10.6 Å². The van der Waals surface area contributed by atoms with Crippen LogP contribution in [0, 0.1) is 0 Å².